The molecule has 35 heavy (non-hydrogen) atoms. The van der Waals surface area contributed by atoms with E-state index in [1.165, 1.54) is 6.26 Å². The average molecular weight is 493 g/mol. The average Bonchev–Trinajstić information content (AvgIpc) is 3.49. The summed E-state index contributed by atoms with van der Waals surface area (Å²) in [5.74, 6) is -0.291. The monoisotopic (exact) mass is 492 g/mol. The number of amides is 3. The Labute approximate surface area is 208 Å². The van der Waals surface area contributed by atoms with Crippen molar-refractivity contribution >= 4 is 40.7 Å². The van der Waals surface area contributed by atoms with E-state index < -0.39 is 5.54 Å². The zero-order valence-corrected chi connectivity index (χ0v) is 19.8. The van der Waals surface area contributed by atoms with Crippen molar-refractivity contribution in [3.63, 3.8) is 0 Å². The lowest BCUT2D eigenvalue weighted by atomic mass is 9.85. The molecule has 0 bridgehead atoms. The Balaban J connectivity index is 1.34. The highest BCUT2D eigenvalue weighted by Gasteiger charge is 2.54. The summed E-state index contributed by atoms with van der Waals surface area (Å²) in [7, 11) is 0. The van der Waals surface area contributed by atoms with Crippen LogP contribution in [0.3, 0.4) is 0 Å². The number of nitrogens with zero attached hydrogens (tertiary/aromatic N) is 3. The van der Waals surface area contributed by atoms with Crippen LogP contribution in [-0.4, -0.2) is 59.4 Å². The molecule has 9 heteroatoms. The molecule has 3 amide bonds. The molecule has 8 nitrogen and oxygen atoms in total. The molecule has 1 N–H and O–H groups in total. The smallest absolute Gasteiger partial charge is 0.289 e. The Bertz CT molecular complexity index is 1220. The van der Waals surface area contributed by atoms with Gasteiger partial charge >= 0.3 is 0 Å². The lowest BCUT2D eigenvalue weighted by Crippen LogP contribution is -2.57. The standard InChI is InChI=1S/C26H25ClN4O4/c27-19-6-4-7-20(16-19)28-23(32)17-30-18-31(21-8-2-1-3-9-21)26(25(30)34)11-13-29(14-12-26)24(33)22-10-5-15-35-22/h1-10,15-16H,11-14,17-18H2,(H,28,32). The van der Waals surface area contributed by atoms with Crippen molar-refractivity contribution in [1.29, 1.82) is 0 Å². The highest BCUT2D eigenvalue weighted by Crippen LogP contribution is 2.39. The minimum absolute atomic E-state index is 0.0779. The lowest BCUT2D eigenvalue weighted by Gasteiger charge is -2.43. The molecule has 2 saturated heterocycles. The third kappa shape index (κ3) is 4.49. The first-order chi connectivity index (χ1) is 17.0. The zero-order valence-electron chi connectivity index (χ0n) is 19.0. The summed E-state index contributed by atoms with van der Waals surface area (Å²) in [5, 5.41) is 3.33. The molecule has 3 heterocycles. The number of likely N-dealkylation sites (tertiary alicyclic amines) is 1. The van der Waals surface area contributed by atoms with Gasteiger partial charge in [-0.1, -0.05) is 35.9 Å². The second-order valence-electron chi connectivity index (χ2n) is 8.77. The van der Waals surface area contributed by atoms with E-state index in [2.05, 4.69) is 10.2 Å². The Morgan fingerprint density at radius 2 is 1.77 bits per heavy atom. The van der Waals surface area contributed by atoms with Crippen molar-refractivity contribution in [2.45, 2.75) is 18.4 Å². The predicted octanol–water partition coefficient (Wildman–Crippen LogP) is 3.85. The SMILES string of the molecule is O=C(CN1CN(c2ccccc2)C2(CCN(C(=O)c3ccco3)CC2)C1=O)Nc1cccc(Cl)c1. The van der Waals surface area contributed by atoms with Gasteiger partial charge < -0.3 is 24.4 Å². The van der Waals surface area contributed by atoms with Gasteiger partial charge in [-0.25, -0.2) is 0 Å². The van der Waals surface area contributed by atoms with Crippen LogP contribution in [0.5, 0.6) is 0 Å². The summed E-state index contributed by atoms with van der Waals surface area (Å²) in [6, 6.07) is 19.9. The van der Waals surface area contributed by atoms with Crippen molar-refractivity contribution in [1.82, 2.24) is 9.80 Å². The van der Waals surface area contributed by atoms with Gasteiger partial charge in [0.15, 0.2) is 5.76 Å². The van der Waals surface area contributed by atoms with Crippen molar-refractivity contribution in [3.8, 4) is 0 Å². The minimum Gasteiger partial charge on any atom is -0.459 e. The van der Waals surface area contributed by atoms with Crippen molar-refractivity contribution in [2.75, 3.05) is 36.5 Å². The van der Waals surface area contributed by atoms with Gasteiger partial charge in [-0.2, -0.15) is 0 Å². The molecule has 2 aliphatic rings. The number of nitrogens with one attached hydrogen (secondary N) is 1. The number of hydrogen-bond donors (Lipinski definition) is 1. The normalized spacial score (nSPS) is 17.2. The molecule has 0 aliphatic carbocycles. The highest BCUT2D eigenvalue weighted by molar-refractivity contribution is 6.30. The van der Waals surface area contributed by atoms with Crippen molar-refractivity contribution in [3.05, 3.63) is 83.8 Å². The number of benzene rings is 2. The molecule has 5 rings (SSSR count). The number of carbonyl (C=O) groups is 3. The molecule has 1 spiro atoms. The number of para-hydroxylation sites is 1. The molecule has 1 aromatic heterocycles. The number of anilines is 2. The van der Waals surface area contributed by atoms with Crippen LogP contribution in [0.1, 0.15) is 23.4 Å². The van der Waals surface area contributed by atoms with Gasteiger partial charge in [-0.05, 0) is 55.3 Å². The van der Waals surface area contributed by atoms with Crippen LogP contribution in [0, 0.1) is 0 Å². The number of furan rings is 1. The molecular formula is C26H25ClN4O4. The maximum atomic E-state index is 13.8. The third-order valence-corrected chi connectivity index (χ3v) is 6.87. The minimum atomic E-state index is -0.822. The Morgan fingerprint density at radius 1 is 1.00 bits per heavy atom. The van der Waals surface area contributed by atoms with E-state index in [9.17, 15) is 14.4 Å². The van der Waals surface area contributed by atoms with Crippen LogP contribution < -0.4 is 10.2 Å². The van der Waals surface area contributed by atoms with E-state index in [0.717, 1.165) is 5.69 Å². The summed E-state index contributed by atoms with van der Waals surface area (Å²) < 4.78 is 5.26. The second kappa shape index (κ2) is 9.46. The van der Waals surface area contributed by atoms with Crippen LogP contribution >= 0.6 is 11.6 Å². The molecule has 3 aromatic rings. The lowest BCUT2D eigenvalue weighted by molar-refractivity contribution is -0.136. The number of carbonyl (C=O) groups excluding carboxylic acids is 3. The molecule has 2 fully saturated rings. The number of halogens is 1. The predicted molar refractivity (Wildman–Crippen MR) is 132 cm³/mol. The van der Waals surface area contributed by atoms with E-state index in [4.69, 9.17) is 16.0 Å². The van der Waals surface area contributed by atoms with Crippen LogP contribution in [0.2, 0.25) is 5.02 Å². The maximum absolute atomic E-state index is 13.8. The summed E-state index contributed by atoms with van der Waals surface area (Å²) in [5.41, 5.74) is 0.662. The second-order valence-corrected chi connectivity index (χ2v) is 9.20. The number of piperidine rings is 1. The summed E-state index contributed by atoms with van der Waals surface area (Å²) in [4.78, 5) is 44.7. The first-order valence-electron chi connectivity index (χ1n) is 11.5. The fraction of sp³-hybridized carbons (Fsp3) is 0.269. The van der Waals surface area contributed by atoms with E-state index >= 15 is 0 Å². The summed E-state index contributed by atoms with van der Waals surface area (Å²) >= 11 is 6.02. The summed E-state index contributed by atoms with van der Waals surface area (Å²) in [6.45, 7) is 1.04. The van der Waals surface area contributed by atoms with Crippen LogP contribution in [0.4, 0.5) is 11.4 Å². The first-order valence-corrected chi connectivity index (χ1v) is 11.8. The van der Waals surface area contributed by atoms with Crippen molar-refractivity contribution in [2.24, 2.45) is 0 Å². The van der Waals surface area contributed by atoms with Crippen LogP contribution in [-0.2, 0) is 9.59 Å². The Hall–Kier alpha value is -3.78. The fourth-order valence-corrected chi connectivity index (χ4v) is 5.09. The van der Waals surface area contributed by atoms with Gasteiger partial charge in [-0.15, -0.1) is 0 Å². The topological polar surface area (TPSA) is 86.1 Å². The van der Waals surface area contributed by atoms with E-state index in [1.807, 2.05) is 30.3 Å². The largest absolute Gasteiger partial charge is 0.459 e. The van der Waals surface area contributed by atoms with Gasteiger partial charge in [-0.3, -0.25) is 14.4 Å². The van der Waals surface area contributed by atoms with Gasteiger partial charge in [0.25, 0.3) is 11.8 Å². The summed E-state index contributed by atoms with van der Waals surface area (Å²) in [6.07, 6.45) is 2.39. The molecule has 2 aliphatic heterocycles. The number of rotatable bonds is 5. The molecule has 0 saturated carbocycles. The van der Waals surface area contributed by atoms with E-state index in [-0.39, 0.29) is 36.7 Å². The first kappa shape index (κ1) is 23.0. The quantitative estimate of drug-likeness (QED) is 0.584. The van der Waals surface area contributed by atoms with Crippen LogP contribution in [0.25, 0.3) is 0 Å². The molecule has 0 unspecified atom stereocenters. The van der Waals surface area contributed by atoms with Gasteiger partial charge in [0.2, 0.25) is 5.91 Å². The van der Waals surface area contributed by atoms with Crippen molar-refractivity contribution < 1.29 is 18.8 Å². The molecule has 180 valence electrons. The van der Waals surface area contributed by atoms with E-state index in [0.29, 0.717) is 36.6 Å². The number of hydrogen-bond acceptors (Lipinski definition) is 5. The van der Waals surface area contributed by atoms with Gasteiger partial charge in [0.05, 0.1) is 12.9 Å². The molecular weight excluding hydrogens is 468 g/mol. The molecule has 2 aromatic carbocycles. The van der Waals surface area contributed by atoms with E-state index in [1.54, 1.807) is 46.2 Å². The molecule has 0 atom stereocenters. The Morgan fingerprint density at radius 3 is 2.46 bits per heavy atom. The highest BCUT2D eigenvalue weighted by atomic mass is 35.5. The fourth-order valence-electron chi connectivity index (χ4n) is 4.90. The molecule has 0 radical (unpaired) electrons. The zero-order chi connectivity index (χ0) is 24.4. The van der Waals surface area contributed by atoms with Gasteiger partial charge in [0.1, 0.15) is 12.1 Å². The van der Waals surface area contributed by atoms with Gasteiger partial charge in [0, 0.05) is 29.5 Å². The Kier molecular flexibility index (Phi) is 6.21. The maximum Gasteiger partial charge on any atom is 0.289 e. The van der Waals surface area contributed by atoms with Crippen LogP contribution in [0.15, 0.2) is 77.4 Å². The third-order valence-electron chi connectivity index (χ3n) is 6.63.